The van der Waals surface area contributed by atoms with Crippen molar-refractivity contribution >= 4 is 30.1 Å². The zero-order valence-corrected chi connectivity index (χ0v) is 15.9. The monoisotopic (exact) mass is 376 g/mol. The number of thioether (sulfide) groups is 1. The summed E-state index contributed by atoms with van der Waals surface area (Å²) in [6.45, 7) is 2.44. The van der Waals surface area contributed by atoms with E-state index in [0.717, 1.165) is 31.0 Å². The standard InChI is InChI=1S/C20H24N2OS.ClH/c23-20(22-11-13-24-14-12-22)19(15-17-7-3-1-4-8-17)21-16-18-9-5-2-6-10-18;/h1-10,19,21H,11-16H2;1H. The highest BCUT2D eigenvalue weighted by atomic mass is 35.5. The first-order valence-corrected chi connectivity index (χ1v) is 9.66. The Morgan fingerprint density at radius 2 is 1.52 bits per heavy atom. The number of carbonyl (C=O) groups excluding carboxylic acids is 1. The molecule has 0 aromatic heterocycles. The lowest BCUT2D eigenvalue weighted by Crippen LogP contribution is -2.50. The van der Waals surface area contributed by atoms with Crippen molar-refractivity contribution in [1.82, 2.24) is 10.2 Å². The van der Waals surface area contributed by atoms with Crippen LogP contribution >= 0.6 is 24.2 Å². The Bertz CT molecular complexity index is 633. The molecule has 1 aliphatic rings. The molecule has 1 amide bonds. The van der Waals surface area contributed by atoms with Gasteiger partial charge < -0.3 is 10.2 Å². The molecular weight excluding hydrogens is 352 g/mol. The zero-order valence-electron chi connectivity index (χ0n) is 14.3. The van der Waals surface area contributed by atoms with Gasteiger partial charge >= 0.3 is 0 Å². The summed E-state index contributed by atoms with van der Waals surface area (Å²) in [5.41, 5.74) is 2.40. The van der Waals surface area contributed by atoms with Gasteiger partial charge in [-0.15, -0.1) is 12.4 Å². The van der Waals surface area contributed by atoms with E-state index in [1.165, 1.54) is 11.1 Å². The smallest absolute Gasteiger partial charge is 0.240 e. The van der Waals surface area contributed by atoms with Crippen molar-refractivity contribution in [3.8, 4) is 0 Å². The third-order valence-electron chi connectivity index (χ3n) is 4.30. The molecule has 0 radical (unpaired) electrons. The fraction of sp³-hybridized carbons (Fsp3) is 0.350. The summed E-state index contributed by atoms with van der Waals surface area (Å²) in [5.74, 6) is 2.32. The van der Waals surface area contributed by atoms with Crippen molar-refractivity contribution in [1.29, 1.82) is 0 Å². The lowest BCUT2D eigenvalue weighted by molar-refractivity contribution is -0.133. The van der Waals surface area contributed by atoms with E-state index >= 15 is 0 Å². The Hall–Kier alpha value is -1.49. The average molecular weight is 377 g/mol. The second-order valence-corrected chi connectivity index (χ2v) is 7.27. The number of hydrogen-bond acceptors (Lipinski definition) is 3. The highest BCUT2D eigenvalue weighted by molar-refractivity contribution is 7.99. The van der Waals surface area contributed by atoms with Gasteiger partial charge in [0, 0.05) is 31.1 Å². The van der Waals surface area contributed by atoms with Gasteiger partial charge in [0.15, 0.2) is 0 Å². The minimum Gasteiger partial charge on any atom is -0.340 e. The number of rotatable bonds is 6. The molecule has 0 spiro atoms. The molecule has 0 aliphatic carbocycles. The number of carbonyl (C=O) groups is 1. The predicted molar refractivity (Wildman–Crippen MR) is 108 cm³/mol. The maximum absolute atomic E-state index is 13.0. The number of halogens is 1. The molecule has 1 saturated heterocycles. The molecule has 2 aromatic carbocycles. The van der Waals surface area contributed by atoms with Crippen LogP contribution in [0.4, 0.5) is 0 Å². The van der Waals surface area contributed by atoms with Gasteiger partial charge in [0.2, 0.25) is 5.91 Å². The van der Waals surface area contributed by atoms with Crippen LogP contribution in [0.15, 0.2) is 60.7 Å². The molecule has 1 fully saturated rings. The molecule has 3 rings (SSSR count). The quantitative estimate of drug-likeness (QED) is 0.838. The van der Waals surface area contributed by atoms with Crippen LogP contribution in [-0.4, -0.2) is 41.4 Å². The Morgan fingerprint density at radius 3 is 2.12 bits per heavy atom. The van der Waals surface area contributed by atoms with Gasteiger partial charge in [-0.3, -0.25) is 4.79 Å². The summed E-state index contributed by atoms with van der Waals surface area (Å²) in [5, 5.41) is 3.48. The number of hydrogen-bond donors (Lipinski definition) is 1. The lowest BCUT2D eigenvalue weighted by Gasteiger charge is -2.30. The van der Waals surface area contributed by atoms with E-state index in [1.54, 1.807) is 0 Å². The van der Waals surface area contributed by atoms with Gasteiger partial charge in [0.25, 0.3) is 0 Å². The van der Waals surface area contributed by atoms with Crippen LogP contribution in [-0.2, 0) is 17.8 Å². The Kier molecular flexibility index (Phi) is 8.32. The third kappa shape index (κ3) is 6.07. The Balaban J connectivity index is 0.00000225. The number of benzene rings is 2. The maximum atomic E-state index is 13.0. The van der Waals surface area contributed by atoms with Crippen LogP contribution in [0.25, 0.3) is 0 Å². The van der Waals surface area contributed by atoms with Crippen LogP contribution in [0.2, 0.25) is 0 Å². The van der Waals surface area contributed by atoms with Crippen LogP contribution in [0, 0.1) is 0 Å². The van der Waals surface area contributed by atoms with Crippen molar-refractivity contribution < 1.29 is 4.79 Å². The number of amides is 1. The van der Waals surface area contributed by atoms with E-state index in [0.29, 0.717) is 6.54 Å². The second-order valence-electron chi connectivity index (χ2n) is 6.05. The minimum absolute atomic E-state index is 0. The second kappa shape index (κ2) is 10.5. The van der Waals surface area contributed by atoms with Gasteiger partial charge in [0.1, 0.15) is 0 Å². The summed E-state index contributed by atoms with van der Waals surface area (Å²) < 4.78 is 0. The summed E-state index contributed by atoms with van der Waals surface area (Å²) in [6.07, 6.45) is 0.732. The summed E-state index contributed by atoms with van der Waals surface area (Å²) >= 11 is 1.93. The highest BCUT2D eigenvalue weighted by Gasteiger charge is 2.25. The molecule has 1 unspecified atom stereocenters. The first-order chi connectivity index (χ1) is 11.8. The molecular formula is C20H25ClN2OS. The zero-order chi connectivity index (χ0) is 16.6. The average Bonchev–Trinajstić information content (AvgIpc) is 2.67. The van der Waals surface area contributed by atoms with Gasteiger partial charge in [-0.05, 0) is 17.5 Å². The van der Waals surface area contributed by atoms with Gasteiger partial charge in [-0.25, -0.2) is 0 Å². The van der Waals surface area contributed by atoms with Gasteiger partial charge in [-0.1, -0.05) is 60.7 Å². The largest absolute Gasteiger partial charge is 0.340 e. The van der Waals surface area contributed by atoms with E-state index in [2.05, 4.69) is 29.6 Å². The van der Waals surface area contributed by atoms with Crippen molar-refractivity contribution in [2.45, 2.75) is 19.0 Å². The molecule has 0 bridgehead atoms. The molecule has 25 heavy (non-hydrogen) atoms. The molecule has 1 aliphatic heterocycles. The van der Waals surface area contributed by atoms with Crippen LogP contribution in [0.1, 0.15) is 11.1 Å². The van der Waals surface area contributed by atoms with Crippen LogP contribution in [0.5, 0.6) is 0 Å². The summed E-state index contributed by atoms with van der Waals surface area (Å²) in [6, 6.07) is 20.4. The molecule has 134 valence electrons. The van der Waals surface area contributed by atoms with Gasteiger partial charge in [0.05, 0.1) is 6.04 Å². The van der Waals surface area contributed by atoms with Gasteiger partial charge in [-0.2, -0.15) is 11.8 Å². The highest BCUT2D eigenvalue weighted by Crippen LogP contribution is 2.13. The Labute approximate surface area is 160 Å². The fourth-order valence-electron chi connectivity index (χ4n) is 2.94. The fourth-order valence-corrected chi connectivity index (χ4v) is 3.84. The number of nitrogens with zero attached hydrogens (tertiary/aromatic N) is 1. The predicted octanol–water partition coefficient (Wildman–Crippen LogP) is 3.38. The van der Waals surface area contributed by atoms with Crippen molar-refractivity contribution in [3.05, 3.63) is 71.8 Å². The van der Waals surface area contributed by atoms with E-state index in [1.807, 2.05) is 53.1 Å². The SMILES string of the molecule is Cl.O=C(C(Cc1ccccc1)NCc1ccccc1)N1CCSCC1. The normalized spacial score (nSPS) is 15.3. The lowest BCUT2D eigenvalue weighted by atomic mass is 10.0. The van der Waals surface area contributed by atoms with E-state index in [-0.39, 0.29) is 24.4 Å². The molecule has 3 nitrogen and oxygen atoms in total. The van der Waals surface area contributed by atoms with Crippen LogP contribution < -0.4 is 5.32 Å². The first kappa shape index (κ1) is 19.8. The van der Waals surface area contributed by atoms with Crippen molar-refractivity contribution in [2.24, 2.45) is 0 Å². The summed E-state index contributed by atoms with van der Waals surface area (Å²) in [4.78, 5) is 15.0. The number of nitrogens with one attached hydrogen (secondary N) is 1. The maximum Gasteiger partial charge on any atom is 0.240 e. The molecule has 1 heterocycles. The van der Waals surface area contributed by atoms with Crippen LogP contribution in [0.3, 0.4) is 0 Å². The molecule has 1 N–H and O–H groups in total. The third-order valence-corrected chi connectivity index (χ3v) is 5.24. The molecule has 2 aromatic rings. The topological polar surface area (TPSA) is 32.3 Å². The Morgan fingerprint density at radius 1 is 0.960 bits per heavy atom. The van der Waals surface area contributed by atoms with E-state index < -0.39 is 0 Å². The molecule has 1 atom stereocenters. The van der Waals surface area contributed by atoms with Crippen molar-refractivity contribution in [3.63, 3.8) is 0 Å². The van der Waals surface area contributed by atoms with E-state index in [9.17, 15) is 4.79 Å². The van der Waals surface area contributed by atoms with E-state index in [4.69, 9.17) is 0 Å². The molecule has 0 saturated carbocycles. The minimum atomic E-state index is -0.171. The van der Waals surface area contributed by atoms with Crippen molar-refractivity contribution in [2.75, 3.05) is 24.6 Å². The molecule has 5 heteroatoms. The summed E-state index contributed by atoms with van der Waals surface area (Å²) in [7, 11) is 0. The first-order valence-electron chi connectivity index (χ1n) is 8.51.